The van der Waals surface area contributed by atoms with E-state index in [1.807, 2.05) is 31.0 Å². The van der Waals surface area contributed by atoms with Gasteiger partial charge in [0, 0.05) is 5.56 Å². The van der Waals surface area contributed by atoms with Gasteiger partial charge in [0.05, 0.1) is 23.1 Å². The molecule has 20 heavy (non-hydrogen) atoms. The van der Waals surface area contributed by atoms with Gasteiger partial charge in [0.15, 0.2) is 5.78 Å². The van der Waals surface area contributed by atoms with Gasteiger partial charge in [0.1, 0.15) is 11.5 Å². The number of halogens is 2. The van der Waals surface area contributed by atoms with Gasteiger partial charge in [-0.25, -0.2) is 0 Å². The number of rotatable bonds is 5. The van der Waals surface area contributed by atoms with Crippen molar-refractivity contribution in [2.24, 2.45) is 0 Å². The standard InChI is InChI=1S/C15H15Cl2NO2/c1-10-3-5-12(20-10)8-18(2)9-15(19)11-4-6-13(16)14(17)7-11/h3-7H,8-9H2,1-2H3. The summed E-state index contributed by atoms with van der Waals surface area (Å²) in [5.74, 6) is 1.70. The van der Waals surface area contributed by atoms with E-state index in [2.05, 4.69) is 0 Å². The van der Waals surface area contributed by atoms with Crippen LogP contribution in [-0.4, -0.2) is 24.3 Å². The van der Waals surface area contributed by atoms with Gasteiger partial charge in [-0.3, -0.25) is 9.69 Å². The first-order valence-electron chi connectivity index (χ1n) is 6.18. The van der Waals surface area contributed by atoms with Crippen molar-refractivity contribution in [3.63, 3.8) is 0 Å². The Bertz CT molecular complexity index is 622. The Morgan fingerprint density at radius 3 is 2.55 bits per heavy atom. The van der Waals surface area contributed by atoms with Gasteiger partial charge in [-0.2, -0.15) is 0 Å². The summed E-state index contributed by atoms with van der Waals surface area (Å²) in [5.41, 5.74) is 0.557. The quantitative estimate of drug-likeness (QED) is 0.776. The van der Waals surface area contributed by atoms with Crippen LogP contribution in [0.2, 0.25) is 10.0 Å². The number of carbonyl (C=O) groups is 1. The molecule has 0 spiro atoms. The first-order valence-corrected chi connectivity index (χ1v) is 6.93. The second-order valence-corrected chi connectivity index (χ2v) is 5.55. The Labute approximate surface area is 128 Å². The van der Waals surface area contributed by atoms with Crippen molar-refractivity contribution in [2.45, 2.75) is 13.5 Å². The zero-order chi connectivity index (χ0) is 14.7. The molecule has 106 valence electrons. The number of aryl methyl sites for hydroxylation is 1. The molecule has 0 aliphatic heterocycles. The highest BCUT2D eigenvalue weighted by Crippen LogP contribution is 2.23. The van der Waals surface area contributed by atoms with Crippen LogP contribution in [-0.2, 0) is 6.54 Å². The lowest BCUT2D eigenvalue weighted by Crippen LogP contribution is -2.25. The summed E-state index contributed by atoms with van der Waals surface area (Å²) in [6, 6.07) is 8.73. The van der Waals surface area contributed by atoms with Gasteiger partial charge in [0.25, 0.3) is 0 Å². The van der Waals surface area contributed by atoms with E-state index in [-0.39, 0.29) is 12.3 Å². The first-order chi connectivity index (χ1) is 9.45. The topological polar surface area (TPSA) is 33.5 Å². The Hall–Kier alpha value is -1.29. The summed E-state index contributed by atoms with van der Waals surface area (Å²) < 4.78 is 5.48. The van der Waals surface area contributed by atoms with Crippen LogP contribution in [0.4, 0.5) is 0 Å². The van der Waals surface area contributed by atoms with E-state index in [1.54, 1.807) is 18.2 Å². The first kappa shape index (κ1) is 15.1. The lowest BCUT2D eigenvalue weighted by Gasteiger charge is -2.14. The molecule has 5 heteroatoms. The number of likely N-dealkylation sites (N-methyl/N-ethyl adjacent to an activating group) is 1. The third-order valence-corrected chi connectivity index (χ3v) is 3.62. The number of carbonyl (C=O) groups excluding carboxylic acids is 1. The summed E-state index contributed by atoms with van der Waals surface area (Å²) >= 11 is 11.7. The van der Waals surface area contributed by atoms with Gasteiger partial charge in [0.2, 0.25) is 0 Å². The second-order valence-electron chi connectivity index (χ2n) is 4.74. The molecule has 0 unspecified atom stereocenters. The normalized spacial score (nSPS) is 11.1. The van der Waals surface area contributed by atoms with Crippen molar-refractivity contribution in [1.29, 1.82) is 0 Å². The molecule has 0 atom stereocenters. The molecule has 1 heterocycles. The van der Waals surface area contributed by atoms with Crippen LogP contribution in [0.1, 0.15) is 21.9 Å². The van der Waals surface area contributed by atoms with E-state index in [0.29, 0.717) is 22.2 Å². The van der Waals surface area contributed by atoms with Crippen molar-refractivity contribution >= 4 is 29.0 Å². The van der Waals surface area contributed by atoms with Crippen molar-refractivity contribution in [2.75, 3.05) is 13.6 Å². The van der Waals surface area contributed by atoms with Gasteiger partial charge in [-0.15, -0.1) is 0 Å². The third kappa shape index (κ3) is 3.85. The number of Topliss-reactive ketones (excluding diaryl/α,β-unsaturated/α-hetero) is 1. The van der Waals surface area contributed by atoms with Gasteiger partial charge >= 0.3 is 0 Å². The van der Waals surface area contributed by atoms with Crippen molar-refractivity contribution in [1.82, 2.24) is 4.90 Å². The molecular formula is C15H15Cl2NO2. The molecule has 0 saturated carbocycles. The van der Waals surface area contributed by atoms with Crippen molar-refractivity contribution in [3.05, 3.63) is 57.5 Å². The highest BCUT2D eigenvalue weighted by molar-refractivity contribution is 6.42. The molecule has 0 N–H and O–H groups in total. The summed E-state index contributed by atoms with van der Waals surface area (Å²) in [6.45, 7) is 2.77. The Morgan fingerprint density at radius 2 is 1.95 bits per heavy atom. The third-order valence-electron chi connectivity index (χ3n) is 2.88. The highest BCUT2D eigenvalue weighted by atomic mass is 35.5. The van der Waals surface area contributed by atoms with Crippen LogP contribution in [0.5, 0.6) is 0 Å². The predicted octanol–water partition coefficient (Wildman–Crippen LogP) is 4.21. The van der Waals surface area contributed by atoms with Crippen LogP contribution < -0.4 is 0 Å². The molecule has 0 fully saturated rings. The minimum absolute atomic E-state index is 0.00524. The zero-order valence-corrected chi connectivity index (χ0v) is 12.8. The fraction of sp³-hybridized carbons (Fsp3) is 0.267. The smallest absolute Gasteiger partial charge is 0.176 e. The molecule has 1 aromatic carbocycles. The fourth-order valence-corrected chi connectivity index (χ4v) is 2.20. The molecule has 3 nitrogen and oxygen atoms in total. The number of furan rings is 1. The summed E-state index contributed by atoms with van der Waals surface area (Å²) in [4.78, 5) is 14.0. The maximum atomic E-state index is 12.1. The molecule has 0 aliphatic carbocycles. The van der Waals surface area contributed by atoms with Crippen LogP contribution in [0, 0.1) is 6.92 Å². The fourth-order valence-electron chi connectivity index (χ4n) is 1.90. The summed E-state index contributed by atoms with van der Waals surface area (Å²) in [6.07, 6.45) is 0. The number of benzene rings is 1. The Balaban J connectivity index is 1.98. The van der Waals surface area contributed by atoms with Gasteiger partial charge in [-0.1, -0.05) is 23.2 Å². The van der Waals surface area contributed by atoms with E-state index < -0.39 is 0 Å². The number of hydrogen-bond acceptors (Lipinski definition) is 3. The van der Waals surface area contributed by atoms with Crippen LogP contribution in [0.3, 0.4) is 0 Å². The highest BCUT2D eigenvalue weighted by Gasteiger charge is 2.12. The van der Waals surface area contributed by atoms with E-state index in [0.717, 1.165) is 11.5 Å². The minimum atomic E-state index is -0.00524. The monoisotopic (exact) mass is 311 g/mol. The molecule has 0 radical (unpaired) electrons. The SMILES string of the molecule is Cc1ccc(CN(C)CC(=O)c2ccc(Cl)c(Cl)c2)o1. The molecular weight excluding hydrogens is 297 g/mol. The van der Waals surface area contributed by atoms with Crippen molar-refractivity contribution in [3.8, 4) is 0 Å². The Morgan fingerprint density at radius 1 is 1.20 bits per heavy atom. The van der Waals surface area contributed by atoms with E-state index >= 15 is 0 Å². The molecule has 0 amide bonds. The van der Waals surface area contributed by atoms with E-state index in [9.17, 15) is 4.79 Å². The largest absolute Gasteiger partial charge is 0.465 e. The number of nitrogens with zero attached hydrogens (tertiary/aromatic N) is 1. The second kappa shape index (κ2) is 6.44. The average molecular weight is 312 g/mol. The molecule has 1 aromatic heterocycles. The van der Waals surface area contributed by atoms with Gasteiger partial charge in [-0.05, 0) is 44.3 Å². The van der Waals surface area contributed by atoms with E-state index in [4.69, 9.17) is 27.6 Å². The summed E-state index contributed by atoms with van der Waals surface area (Å²) in [7, 11) is 1.87. The predicted molar refractivity (Wildman–Crippen MR) is 80.6 cm³/mol. The lowest BCUT2D eigenvalue weighted by atomic mass is 10.1. The Kier molecular flexibility index (Phi) is 4.86. The molecule has 0 saturated heterocycles. The maximum Gasteiger partial charge on any atom is 0.176 e. The van der Waals surface area contributed by atoms with E-state index in [1.165, 1.54) is 0 Å². The number of hydrogen-bond donors (Lipinski definition) is 0. The molecule has 2 rings (SSSR count). The molecule has 2 aromatic rings. The van der Waals surface area contributed by atoms with Crippen LogP contribution in [0.25, 0.3) is 0 Å². The molecule has 0 aliphatic rings. The van der Waals surface area contributed by atoms with Crippen molar-refractivity contribution < 1.29 is 9.21 Å². The van der Waals surface area contributed by atoms with Crippen LogP contribution >= 0.6 is 23.2 Å². The maximum absolute atomic E-state index is 12.1. The number of ketones is 1. The van der Waals surface area contributed by atoms with Crippen LogP contribution in [0.15, 0.2) is 34.7 Å². The summed E-state index contributed by atoms with van der Waals surface area (Å²) in [5, 5.41) is 0.837. The lowest BCUT2D eigenvalue weighted by molar-refractivity contribution is 0.0939. The van der Waals surface area contributed by atoms with Gasteiger partial charge < -0.3 is 4.42 Å². The zero-order valence-electron chi connectivity index (χ0n) is 11.3. The molecule has 0 bridgehead atoms. The average Bonchev–Trinajstić information content (AvgIpc) is 2.77. The minimum Gasteiger partial charge on any atom is -0.465 e.